The fraction of sp³-hybridized carbons (Fsp3) is 0.485. The summed E-state index contributed by atoms with van der Waals surface area (Å²) >= 11 is 0. The number of rotatable bonds is 10. The van der Waals surface area contributed by atoms with Crippen LogP contribution >= 0.6 is 0 Å². The van der Waals surface area contributed by atoms with Crippen molar-refractivity contribution in [2.24, 2.45) is 16.9 Å². The van der Waals surface area contributed by atoms with Gasteiger partial charge in [0, 0.05) is 31.6 Å². The van der Waals surface area contributed by atoms with Gasteiger partial charge in [-0.05, 0) is 74.6 Å². The van der Waals surface area contributed by atoms with E-state index in [1.165, 1.54) is 6.21 Å². The maximum Gasteiger partial charge on any atom is 0.407 e. The Hall–Kier alpha value is -4.41. The van der Waals surface area contributed by atoms with Crippen molar-refractivity contribution < 1.29 is 28.7 Å². The van der Waals surface area contributed by atoms with Crippen LogP contribution in [-0.2, 0) is 19.1 Å². The first-order valence-electron chi connectivity index (χ1n) is 15.2. The van der Waals surface area contributed by atoms with E-state index in [0.29, 0.717) is 6.54 Å². The fourth-order valence-electron chi connectivity index (χ4n) is 5.79. The van der Waals surface area contributed by atoms with E-state index in [9.17, 15) is 19.2 Å². The number of hydrogen-bond acceptors (Lipinski definition) is 7. The normalized spacial score (nSPS) is 18.5. The first kappa shape index (κ1) is 32.5. The van der Waals surface area contributed by atoms with E-state index in [1.807, 2.05) is 36.4 Å². The minimum atomic E-state index is -0.888. The lowest BCUT2D eigenvalue weighted by molar-refractivity contribution is -0.154. The maximum atomic E-state index is 12.9. The van der Waals surface area contributed by atoms with Crippen molar-refractivity contribution in [1.29, 1.82) is 0 Å². The lowest BCUT2D eigenvalue weighted by Crippen LogP contribution is -2.41. The fourth-order valence-corrected chi connectivity index (χ4v) is 5.79. The van der Waals surface area contributed by atoms with Crippen molar-refractivity contribution in [2.45, 2.75) is 70.4 Å². The molecule has 4 amide bonds. The summed E-state index contributed by atoms with van der Waals surface area (Å²) in [6, 6.07) is 14.7. The molecule has 236 valence electrons. The van der Waals surface area contributed by atoms with Crippen molar-refractivity contribution in [3.63, 3.8) is 0 Å². The van der Waals surface area contributed by atoms with E-state index in [0.717, 1.165) is 47.9 Å². The molecule has 0 saturated heterocycles. The van der Waals surface area contributed by atoms with E-state index in [2.05, 4.69) is 38.6 Å². The van der Waals surface area contributed by atoms with Crippen LogP contribution in [0.4, 0.5) is 9.59 Å². The van der Waals surface area contributed by atoms with Crippen LogP contribution in [0.2, 0.25) is 0 Å². The molecule has 0 unspecified atom stereocenters. The molecule has 0 aromatic heterocycles. The number of fused-ring (bicyclic) bond motifs is 3. The highest BCUT2D eigenvalue weighted by Crippen LogP contribution is 2.44. The van der Waals surface area contributed by atoms with Gasteiger partial charge >= 0.3 is 18.1 Å². The van der Waals surface area contributed by atoms with Gasteiger partial charge in [-0.1, -0.05) is 48.5 Å². The Morgan fingerprint density at radius 3 is 2.16 bits per heavy atom. The summed E-state index contributed by atoms with van der Waals surface area (Å²) in [5, 5.41) is 12.1. The van der Waals surface area contributed by atoms with Crippen LogP contribution in [0.25, 0.3) is 11.1 Å². The topological polar surface area (TPSA) is 147 Å². The monoisotopic (exact) mass is 605 g/mol. The molecular formula is C33H43N5O6. The van der Waals surface area contributed by atoms with Crippen LogP contribution < -0.4 is 21.4 Å². The van der Waals surface area contributed by atoms with E-state index >= 15 is 0 Å². The molecule has 2 aliphatic carbocycles. The van der Waals surface area contributed by atoms with Gasteiger partial charge in [-0.2, -0.15) is 5.10 Å². The number of nitrogens with zero attached hydrogens (tertiary/aromatic N) is 1. The van der Waals surface area contributed by atoms with Gasteiger partial charge in [-0.15, -0.1) is 0 Å². The Morgan fingerprint density at radius 2 is 1.57 bits per heavy atom. The number of urea groups is 1. The summed E-state index contributed by atoms with van der Waals surface area (Å²) in [6.45, 7) is 5.83. The lowest BCUT2D eigenvalue weighted by atomic mass is 9.81. The zero-order chi connectivity index (χ0) is 31.7. The number of hydrogen-bond donors (Lipinski definition) is 4. The molecule has 4 N–H and O–H groups in total. The number of alkyl carbamates (subject to hydrolysis) is 1. The number of hydrazone groups is 1. The first-order chi connectivity index (χ1) is 21.0. The number of amides is 4. The molecular weight excluding hydrogens is 562 g/mol. The molecule has 44 heavy (non-hydrogen) atoms. The highest BCUT2D eigenvalue weighted by Gasteiger charge is 2.30. The molecule has 1 saturated carbocycles. The number of carbonyl (C=O) groups is 4. The zero-order valence-electron chi connectivity index (χ0n) is 25.9. The Kier molecular flexibility index (Phi) is 11.0. The highest BCUT2D eigenvalue weighted by molar-refractivity contribution is 5.83. The predicted octanol–water partition coefficient (Wildman–Crippen LogP) is 4.46. The van der Waals surface area contributed by atoms with E-state index < -0.39 is 29.7 Å². The standard InChI is InChI=1S/C33H43N5O6/c1-33(2,3)44-29(39)17-23(19-36-38-31(41)35-18-21-13-15-22(16-14-21)30(40)34-4)37-32(42)43-20-28-26-11-7-5-9-24(26)25-10-6-8-12-27(25)28/h5-12,19,21-23,28H,13-18,20H2,1-4H3,(H,34,40)(H,37,42)(H2,35,38,41)/b36-19+/t21?,22?,23-/m1/s1. The third kappa shape index (κ3) is 9.05. The highest BCUT2D eigenvalue weighted by atomic mass is 16.6. The lowest BCUT2D eigenvalue weighted by Gasteiger charge is -2.27. The third-order valence-electron chi connectivity index (χ3n) is 7.89. The van der Waals surface area contributed by atoms with Gasteiger partial charge in [0.25, 0.3) is 0 Å². The minimum Gasteiger partial charge on any atom is -0.460 e. The molecule has 2 aliphatic rings. The largest absolute Gasteiger partial charge is 0.460 e. The van der Waals surface area contributed by atoms with Gasteiger partial charge in [-0.25, -0.2) is 15.0 Å². The molecule has 0 heterocycles. The maximum absolute atomic E-state index is 12.9. The molecule has 1 fully saturated rings. The van der Waals surface area contributed by atoms with Crippen LogP contribution in [-0.4, -0.2) is 62.1 Å². The zero-order valence-corrected chi connectivity index (χ0v) is 25.9. The molecule has 0 aliphatic heterocycles. The SMILES string of the molecule is CNC(=O)C1CCC(CNC(=O)N/N=C/[C@@H](CC(=O)OC(C)(C)C)NC(=O)OCC2c3ccccc3-c3ccccc32)CC1. The van der Waals surface area contributed by atoms with Crippen molar-refractivity contribution in [2.75, 3.05) is 20.2 Å². The second-order valence-electron chi connectivity index (χ2n) is 12.3. The summed E-state index contributed by atoms with van der Waals surface area (Å²) in [5.74, 6) is -0.280. The smallest absolute Gasteiger partial charge is 0.407 e. The van der Waals surface area contributed by atoms with Crippen molar-refractivity contribution in [1.82, 2.24) is 21.4 Å². The number of esters is 1. The molecule has 0 radical (unpaired) electrons. The van der Waals surface area contributed by atoms with Crippen molar-refractivity contribution in [3.8, 4) is 11.1 Å². The van der Waals surface area contributed by atoms with E-state index in [-0.39, 0.29) is 36.7 Å². The van der Waals surface area contributed by atoms with Crippen LogP contribution in [0.1, 0.15) is 69.9 Å². The molecule has 2 aromatic carbocycles. The summed E-state index contributed by atoms with van der Waals surface area (Å²) in [4.78, 5) is 49.6. The quantitative estimate of drug-likeness (QED) is 0.179. The second-order valence-corrected chi connectivity index (χ2v) is 12.3. The Labute approximate surface area is 258 Å². The molecule has 4 rings (SSSR count). The Morgan fingerprint density at radius 1 is 0.955 bits per heavy atom. The molecule has 0 bridgehead atoms. The average Bonchev–Trinajstić information content (AvgIpc) is 3.31. The Bertz CT molecular complexity index is 1320. The van der Waals surface area contributed by atoms with Gasteiger partial charge in [0.15, 0.2) is 0 Å². The number of benzene rings is 2. The van der Waals surface area contributed by atoms with Gasteiger partial charge in [0.05, 0.1) is 12.5 Å². The second kappa shape index (κ2) is 14.9. The van der Waals surface area contributed by atoms with Crippen LogP contribution in [0.5, 0.6) is 0 Å². The van der Waals surface area contributed by atoms with Crippen molar-refractivity contribution >= 4 is 30.2 Å². The number of nitrogens with one attached hydrogen (secondary N) is 4. The van der Waals surface area contributed by atoms with Crippen LogP contribution in [0.15, 0.2) is 53.6 Å². The van der Waals surface area contributed by atoms with Gasteiger partial charge in [0.1, 0.15) is 12.2 Å². The predicted molar refractivity (Wildman–Crippen MR) is 167 cm³/mol. The van der Waals surface area contributed by atoms with E-state index in [1.54, 1.807) is 27.8 Å². The molecule has 2 aromatic rings. The summed E-state index contributed by atoms with van der Waals surface area (Å²) in [6.07, 6.45) is 3.64. The van der Waals surface area contributed by atoms with Crippen molar-refractivity contribution in [3.05, 3.63) is 59.7 Å². The summed E-state index contributed by atoms with van der Waals surface area (Å²) in [7, 11) is 1.65. The molecule has 1 atom stereocenters. The Balaban J connectivity index is 1.30. The van der Waals surface area contributed by atoms with Gasteiger partial charge in [0.2, 0.25) is 5.91 Å². The number of carbonyl (C=O) groups excluding carboxylic acids is 4. The average molecular weight is 606 g/mol. The summed E-state index contributed by atoms with van der Waals surface area (Å²) < 4.78 is 11.0. The first-order valence-corrected chi connectivity index (χ1v) is 15.2. The minimum absolute atomic E-state index is 0.0283. The third-order valence-corrected chi connectivity index (χ3v) is 7.89. The number of ether oxygens (including phenoxy) is 2. The molecule has 0 spiro atoms. The van der Waals surface area contributed by atoms with Crippen LogP contribution in [0, 0.1) is 11.8 Å². The van der Waals surface area contributed by atoms with Gasteiger partial charge < -0.3 is 25.4 Å². The van der Waals surface area contributed by atoms with Gasteiger partial charge in [-0.3, -0.25) is 9.59 Å². The summed E-state index contributed by atoms with van der Waals surface area (Å²) in [5.41, 5.74) is 6.09. The van der Waals surface area contributed by atoms with E-state index in [4.69, 9.17) is 9.47 Å². The van der Waals surface area contributed by atoms with Crippen LogP contribution in [0.3, 0.4) is 0 Å². The molecule has 11 heteroatoms. The molecule has 11 nitrogen and oxygen atoms in total.